The average Bonchev–Trinajstić information content (AvgIpc) is 3.20. The third-order valence-corrected chi connectivity index (χ3v) is 6.20. The van der Waals surface area contributed by atoms with Gasteiger partial charge in [-0.25, -0.2) is 22.9 Å². The first-order chi connectivity index (χ1) is 17.1. The van der Waals surface area contributed by atoms with Crippen LogP contribution in [0.5, 0.6) is 0 Å². The van der Waals surface area contributed by atoms with Crippen LogP contribution in [-0.2, 0) is 4.79 Å². The summed E-state index contributed by atoms with van der Waals surface area (Å²) in [4.78, 5) is 28.1. The van der Waals surface area contributed by atoms with E-state index in [9.17, 15) is 27.9 Å². The Balaban J connectivity index is 1.51. The molecule has 0 saturated carbocycles. The predicted molar refractivity (Wildman–Crippen MR) is 133 cm³/mol. The average molecular weight is 512 g/mol. The molecule has 0 bridgehead atoms. The van der Waals surface area contributed by atoms with Gasteiger partial charge in [0.05, 0.1) is 21.5 Å². The van der Waals surface area contributed by atoms with Gasteiger partial charge in [-0.2, -0.15) is 0 Å². The molecule has 0 aliphatic heterocycles. The molecule has 184 valence electrons. The van der Waals surface area contributed by atoms with Crippen molar-refractivity contribution in [3.05, 3.63) is 89.8 Å². The van der Waals surface area contributed by atoms with Crippen molar-refractivity contribution in [2.75, 3.05) is 5.32 Å². The second-order valence-electron chi connectivity index (χ2n) is 8.17. The number of aromatic nitrogens is 1. The maximum absolute atomic E-state index is 14.8. The van der Waals surface area contributed by atoms with E-state index < -0.39 is 35.4 Å². The number of nitrogens with zero attached hydrogens (tertiary/aromatic N) is 1. The molecule has 0 aliphatic carbocycles. The van der Waals surface area contributed by atoms with Crippen molar-refractivity contribution >= 4 is 44.2 Å². The summed E-state index contributed by atoms with van der Waals surface area (Å²) in [5.41, 5.74) is 1.61. The monoisotopic (exact) mass is 511 g/mol. The number of carboxylic acids is 1. The highest BCUT2D eigenvalue weighted by molar-refractivity contribution is 7.22. The Bertz CT molecular complexity index is 1500. The van der Waals surface area contributed by atoms with E-state index in [4.69, 9.17) is 0 Å². The predicted octanol–water partition coefficient (Wildman–Crippen LogP) is 6.27. The summed E-state index contributed by atoms with van der Waals surface area (Å²) in [6.07, 6.45) is 0.00828. The van der Waals surface area contributed by atoms with Gasteiger partial charge in [0, 0.05) is 0 Å². The molecule has 0 radical (unpaired) electrons. The maximum Gasteiger partial charge on any atom is 0.326 e. The fourth-order valence-corrected chi connectivity index (χ4v) is 4.43. The normalized spacial score (nSPS) is 11.8. The Morgan fingerprint density at radius 2 is 1.72 bits per heavy atom. The minimum absolute atomic E-state index is 0.00828. The zero-order valence-electron chi connectivity index (χ0n) is 18.9. The molecule has 0 fully saturated rings. The number of carbonyl (C=O) groups is 2. The second-order valence-corrected chi connectivity index (χ2v) is 9.20. The van der Waals surface area contributed by atoms with Gasteiger partial charge in [0.15, 0.2) is 5.13 Å². The van der Waals surface area contributed by atoms with Gasteiger partial charge in [-0.1, -0.05) is 29.0 Å². The lowest BCUT2D eigenvalue weighted by molar-refractivity contribution is -0.139. The van der Waals surface area contributed by atoms with Crippen molar-refractivity contribution < 1.29 is 27.9 Å². The number of amides is 1. The van der Waals surface area contributed by atoms with Crippen LogP contribution in [-0.4, -0.2) is 28.0 Å². The molecular weight excluding hydrogens is 491 g/mol. The number of carboxylic acid groups (broad SMARTS) is 1. The number of benzene rings is 3. The highest BCUT2D eigenvalue weighted by Gasteiger charge is 2.22. The van der Waals surface area contributed by atoms with Gasteiger partial charge in [-0.3, -0.25) is 4.79 Å². The molecule has 0 saturated heterocycles. The Morgan fingerprint density at radius 3 is 2.36 bits per heavy atom. The molecule has 10 heteroatoms. The minimum atomic E-state index is -1.26. The van der Waals surface area contributed by atoms with E-state index in [2.05, 4.69) is 22.2 Å². The molecule has 0 aliphatic rings. The van der Waals surface area contributed by atoms with Crippen LogP contribution in [0.4, 0.5) is 24.0 Å². The van der Waals surface area contributed by atoms with Crippen LogP contribution in [0.3, 0.4) is 0 Å². The number of hydrogen-bond donors (Lipinski definition) is 3. The second kappa shape index (κ2) is 10.2. The number of thiazole rings is 1. The lowest BCUT2D eigenvalue weighted by Crippen LogP contribution is -2.41. The number of fused-ring (bicyclic) bond motifs is 1. The van der Waals surface area contributed by atoms with Crippen LogP contribution in [0.15, 0.2) is 66.7 Å². The largest absolute Gasteiger partial charge is 0.480 e. The molecule has 0 unspecified atom stereocenters. The van der Waals surface area contributed by atoms with E-state index in [1.165, 1.54) is 53.8 Å². The van der Waals surface area contributed by atoms with Gasteiger partial charge in [0.25, 0.3) is 5.91 Å². The fraction of sp³-hybridized carbons (Fsp3) is 0.115. The summed E-state index contributed by atoms with van der Waals surface area (Å²) in [6.45, 7) is 5.25. The summed E-state index contributed by atoms with van der Waals surface area (Å²) in [5, 5.41) is 14.8. The molecule has 1 amide bonds. The van der Waals surface area contributed by atoms with Crippen molar-refractivity contribution in [2.45, 2.75) is 19.4 Å². The molecule has 0 spiro atoms. The third kappa shape index (κ3) is 5.55. The van der Waals surface area contributed by atoms with E-state index in [1.54, 1.807) is 13.0 Å². The standard InChI is InChI=1S/C26H20F3N3O3S/c1-13(2)9-22(25(34)35)30-24(33)17-6-3-14(10-18(17)28)15-4-7-20(19(29)11-15)31-26-32-21-8-5-16(27)12-23(21)36-26/h3-8,10-12,22H,1,9H2,2H3,(H,30,33)(H,31,32)(H,34,35)/t22-/m0/s1. The zero-order chi connectivity index (χ0) is 26.0. The summed E-state index contributed by atoms with van der Waals surface area (Å²) in [6, 6.07) is 10.9. The summed E-state index contributed by atoms with van der Waals surface area (Å²) >= 11 is 1.17. The Kier molecular flexibility index (Phi) is 7.07. The third-order valence-electron chi connectivity index (χ3n) is 5.26. The fourth-order valence-electron chi connectivity index (χ4n) is 3.53. The minimum Gasteiger partial charge on any atom is -0.480 e. The topological polar surface area (TPSA) is 91.3 Å². The molecule has 36 heavy (non-hydrogen) atoms. The lowest BCUT2D eigenvalue weighted by atomic mass is 10.0. The molecular formula is C26H20F3N3O3S. The number of anilines is 2. The van der Waals surface area contributed by atoms with E-state index >= 15 is 0 Å². The molecule has 4 rings (SSSR count). The summed E-state index contributed by atoms with van der Waals surface area (Å²) in [5.74, 6) is -4.03. The number of aliphatic carboxylic acids is 1. The van der Waals surface area contributed by atoms with Gasteiger partial charge in [0.2, 0.25) is 0 Å². The quantitative estimate of drug-likeness (QED) is 0.243. The Labute approximate surface area is 208 Å². The van der Waals surface area contributed by atoms with Crippen LogP contribution in [0.1, 0.15) is 23.7 Å². The van der Waals surface area contributed by atoms with Crippen molar-refractivity contribution in [3.63, 3.8) is 0 Å². The first-order valence-corrected chi connectivity index (χ1v) is 11.5. The van der Waals surface area contributed by atoms with Crippen molar-refractivity contribution in [1.29, 1.82) is 0 Å². The molecule has 1 heterocycles. The summed E-state index contributed by atoms with van der Waals surface area (Å²) in [7, 11) is 0. The first kappa shape index (κ1) is 24.9. The van der Waals surface area contributed by atoms with E-state index in [0.29, 0.717) is 32.0 Å². The van der Waals surface area contributed by atoms with Gasteiger partial charge in [-0.15, -0.1) is 6.58 Å². The smallest absolute Gasteiger partial charge is 0.326 e. The number of nitrogens with one attached hydrogen (secondary N) is 2. The lowest BCUT2D eigenvalue weighted by Gasteiger charge is -2.15. The molecule has 4 aromatic rings. The van der Waals surface area contributed by atoms with E-state index in [1.807, 2.05) is 0 Å². The van der Waals surface area contributed by atoms with Crippen LogP contribution in [0.25, 0.3) is 21.3 Å². The van der Waals surface area contributed by atoms with Crippen LogP contribution in [0, 0.1) is 17.5 Å². The first-order valence-electron chi connectivity index (χ1n) is 10.7. The van der Waals surface area contributed by atoms with Gasteiger partial charge in [-0.05, 0) is 66.9 Å². The van der Waals surface area contributed by atoms with Crippen molar-refractivity contribution in [3.8, 4) is 11.1 Å². The van der Waals surface area contributed by atoms with Crippen LogP contribution in [0.2, 0.25) is 0 Å². The summed E-state index contributed by atoms with van der Waals surface area (Å²) < 4.78 is 43.5. The van der Waals surface area contributed by atoms with E-state index in [0.717, 1.165) is 6.07 Å². The highest BCUT2D eigenvalue weighted by Crippen LogP contribution is 2.31. The molecule has 6 nitrogen and oxygen atoms in total. The number of carbonyl (C=O) groups excluding carboxylic acids is 1. The number of hydrogen-bond acceptors (Lipinski definition) is 5. The number of rotatable bonds is 8. The maximum atomic E-state index is 14.8. The van der Waals surface area contributed by atoms with Gasteiger partial charge < -0.3 is 15.7 Å². The number of halogens is 3. The van der Waals surface area contributed by atoms with E-state index in [-0.39, 0.29) is 17.7 Å². The van der Waals surface area contributed by atoms with Crippen molar-refractivity contribution in [1.82, 2.24) is 10.3 Å². The molecule has 1 atom stereocenters. The van der Waals surface area contributed by atoms with Gasteiger partial charge in [0.1, 0.15) is 23.5 Å². The van der Waals surface area contributed by atoms with Crippen molar-refractivity contribution in [2.24, 2.45) is 0 Å². The Morgan fingerprint density at radius 1 is 1.03 bits per heavy atom. The SMILES string of the molecule is C=C(C)C[C@H](NC(=O)c1ccc(-c2ccc(Nc3nc4ccc(F)cc4s3)c(F)c2)cc1F)C(=O)O. The highest BCUT2D eigenvalue weighted by atomic mass is 32.1. The zero-order valence-corrected chi connectivity index (χ0v) is 19.8. The van der Waals surface area contributed by atoms with Crippen LogP contribution >= 0.6 is 11.3 Å². The Hall–Kier alpha value is -4.18. The molecule has 3 N–H and O–H groups in total. The van der Waals surface area contributed by atoms with Crippen LogP contribution < -0.4 is 10.6 Å². The molecule has 1 aromatic heterocycles. The molecule has 3 aromatic carbocycles. The van der Waals surface area contributed by atoms with Gasteiger partial charge >= 0.3 is 5.97 Å².